The lowest BCUT2D eigenvalue weighted by molar-refractivity contribution is -0.113. The predicted molar refractivity (Wildman–Crippen MR) is 107 cm³/mol. The molecule has 5 nitrogen and oxygen atoms in total. The fourth-order valence-corrected chi connectivity index (χ4v) is 4.11. The minimum absolute atomic E-state index is 0.0790. The molecule has 0 unspecified atom stereocenters. The number of benzene rings is 1. The summed E-state index contributed by atoms with van der Waals surface area (Å²) in [5, 5.41) is 13.0. The van der Waals surface area contributed by atoms with Gasteiger partial charge in [-0.25, -0.2) is 0 Å². The van der Waals surface area contributed by atoms with Crippen LogP contribution >= 0.6 is 23.4 Å². The van der Waals surface area contributed by atoms with Crippen LogP contribution < -0.4 is 5.32 Å². The Hall–Kier alpha value is -1.79. The van der Waals surface area contributed by atoms with Crippen LogP contribution in [0.3, 0.4) is 0 Å². The van der Waals surface area contributed by atoms with Gasteiger partial charge in [0.2, 0.25) is 5.91 Å². The molecule has 138 valence electrons. The second-order valence-electron chi connectivity index (χ2n) is 6.42. The molecule has 0 radical (unpaired) electrons. The number of carbonyl (C=O) groups is 1. The summed E-state index contributed by atoms with van der Waals surface area (Å²) in [4.78, 5) is 12.2. The van der Waals surface area contributed by atoms with Gasteiger partial charge >= 0.3 is 0 Å². The van der Waals surface area contributed by atoms with Crippen LogP contribution in [0.4, 0.5) is 5.69 Å². The molecule has 0 spiro atoms. The number of amides is 1. The van der Waals surface area contributed by atoms with Crippen LogP contribution in [0.1, 0.15) is 43.8 Å². The summed E-state index contributed by atoms with van der Waals surface area (Å²) in [5.74, 6) is 1.70. The SMILES string of the molecule is C=CCn1c(SCC(=O)Nc2ccc(Cl)cc2)nnc1C1CCCCC1. The Kier molecular flexibility index (Phi) is 6.74. The maximum absolute atomic E-state index is 12.2. The van der Waals surface area contributed by atoms with Crippen molar-refractivity contribution in [1.82, 2.24) is 14.8 Å². The number of thioether (sulfide) groups is 1. The van der Waals surface area contributed by atoms with Crippen molar-refractivity contribution < 1.29 is 4.79 Å². The number of nitrogens with one attached hydrogen (secondary N) is 1. The zero-order chi connectivity index (χ0) is 18.4. The summed E-state index contributed by atoms with van der Waals surface area (Å²) >= 11 is 7.27. The van der Waals surface area contributed by atoms with Crippen LogP contribution in [0.15, 0.2) is 42.1 Å². The van der Waals surface area contributed by atoms with E-state index in [0.29, 0.717) is 17.5 Å². The van der Waals surface area contributed by atoms with E-state index in [9.17, 15) is 4.79 Å². The molecule has 0 saturated heterocycles. The Morgan fingerprint density at radius 1 is 1.27 bits per heavy atom. The second-order valence-corrected chi connectivity index (χ2v) is 7.80. The third kappa shape index (κ3) is 4.89. The summed E-state index contributed by atoms with van der Waals surface area (Å²) in [6.07, 6.45) is 7.98. The number of rotatable bonds is 7. The average Bonchev–Trinajstić information content (AvgIpc) is 3.06. The Balaban J connectivity index is 1.63. The van der Waals surface area contributed by atoms with Crippen molar-refractivity contribution in [2.24, 2.45) is 0 Å². The third-order valence-corrected chi connectivity index (χ3v) is 5.71. The number of nitrogens with zero attached hydrogens (tertiary/aromatic N) is 3. The Labute approximate surface area is 163 Å². The van der Waals surface area contributed by atoms with E-state index in [1.54, 1.807) is 24.3 Å². The highest BCUT2D eigenvalue weighted by Crippen LogP contribution is 2.33. The fourth-order valence-electron chi connectivity index (χ4n) is 3.23. The van der Waals surface area contributed by atoms with E-state index in [2.05, 4.69) is 26.7 Å². The molecule has 26 heavy (non-hydrogen) atoms. The van der Waals surface area contributed by atoms with Crippen molar-refractivity contribution in [3.8, 4) is 0 Å². The Morgan fingerprint density at radius 3 is 2.69 bits per heavy atom. The highest BCUT2D eigenvalue weighted by atomic mass is 35.5. The van der Waals surface area contributed by atoms with E-state index >= 15 is 0 Å². The van der Waals surface area contributed by atoms with Gasteiger partial charge in [-0.15, -0.1) is 16.8 Å². The van der Waals surface area contributed by atoms with E-state index in [1.165, 1.54) is 31.0 Å². The molecule has 1 aromatic heterocycles. The average molecular weight is 391 g/mol. The number of aromatic nitrogens is 3. The first-order valence-corrected chi connectivity index (χ1v) is 10.3. The molecule has 1 fully saturated rings. The van der Waals surface area contributed by atoms with Gasteiger partial charge < -0.3 is 9.88 Å². The first kappa shape index (κ1) is 19.0. The largest absolute Gasteiger partial charge is 0.325 e. The monoisotopic (exact) mass is 390 g/mol. The lowest BCUT2D eigenvalue weighted by Gasteiger charge is -2.21. The molecule has 3 rings (SSSR count). The van der Waals surface area contributed by atoms with Gasteiger partial charge in [0.25, 0.3) is 0 Å². The number of carbonyl (C=O) groups excluding carboxylic acids is 1. The molecule has 0 bridgehead atoms. The van der Waals surface area contributed by atoms with Gasteiger partial charge in [-0.1, -0.05) is 48.7 Å². The van der Waals surface area contributed by atoms with Gasteiger partial charge in [-0.05, 0) is 37.1 Å². The molecule has 1 aliphatic rings. The van der Waals surface area contributed by atoms with E-state index in [-0.39, 0.29) is 11.7 Å². The van der Waals surface area contributed by atoms with Gasteiger partial charge in [0.05, 0.1) is 5.75 Å². The fraction of sp³-hybridized carbons (Fsp3) is 0.421. The summed E-state index contributed by atoms with van der Waals surface area (Å²) in [5.41, 5.74) is 0.732. The van der Waals surface area contributed by atoms with E-state index in [4.69, 9.17) is 11.6 Å². The van der Waals surface area contributed by atoms with E-state index in [0.717, 1.165) is 29.5 Å². The molecule has 1 aliphatic carbocycles. The predicted octanol–water partition coefficient (Wildman–Crippen LogP) is 4.90. The molecular weight excluding hydrogens is 368 g/mol. The highest BCUT2D eigenvalue weighted by molar-refractivity contribution is 7.99. The smallest absolute Gasteiger partial charge is 0.234 e. The number of halogens is 1. The summed E-state index contributed by atoms with van der Waals surface area (Å²) < 4.78 is 2.10. The molecule has 0 aliphatic heterocycles. The zero-order valence-electron chi connectivity index (χ0n) is 14.7. The van der Waals surface area contributed by atoms with Gasteiger partial charge in [-0.3, -0.25) is 4.79 Å². The molecule has 1 aromatic carbocycles. The van der Waals surface area contributed by atoms with Crippen molar-refractivity contribution in [1.29, 1.82) is 0 Å². The van der Waals surface area contributed by atoms with Crippen LogP contribution in [0.2, 0.25) is 5.02 Å². The molecule has 0 atom stereocenters. The minimum atomic E-state index is -0.0790. The standard InChI is InChI=1S/C19H23ClN4OS/c1-2-12-24-18(14-6-4-3-5-7-14)22-23-19(24)26-13-17(25)21-16-10-8-15(20)9-11-16/h2,8-11,14H,1,3-7,12-13H2,(H,21,25). The number of hydrogen-bond donors (Lipinski definition) is 1. The van der Waals surface area contributed by atoms with Gasteiger partial charge in [0.1, 0.15) is 5.82 Å². The van der Waals surface area contributed by atoms with Crippen LogP contribution in [0, 0.1) is 0 Å². The van der Waals surface area contributed by atoms with Crippen molar-refractivity contribution in [3.05, 3.63) is 47.8 Å². The Morgan fingerprint density at radius 2 is 2.00 bits per heavy atom. The maximum Gasteiger partial charge on any atom is 0.234 e. The van der Waals surface area contributed by atoms with Crippen molar-refractivity contribution in [2.45, 2.75) is 49.7 Å². The molecule has 7 heteroatoms. The van der Waals surface area contributed by atoms with Gasteiger partial charge in [-0.2, -0.15) is 0 Å². The van der Waals surface area contributed by atoms with E-state index < -0.39 is 0 Å². The molecule has 1 amide bonds. The Bertz CT molecular complexity index is 753. The topological polar surface area (TPSA) is 59.8 Å². The lowest BCUT2D eigenvalue weighted by atomic mass is 9.89. The van der Waals surface area contributed by atoms with E-state index in [1.807, 2.05) is 6.08 Å². The van der Waals surface area contributed by atoms with Crippen LogP contribution in [-0.2, 0) is 11.3 Å². The van der Waals surface area contributed by atoms with Crippen LogP contribution in [0.5, 0.6) is 0 Å². The normalized spacial score (nSPS) is 15.0. The molecular formula is C19H23ClN4OS. The molecule has 1 N–H and O–H groups in total. The van der Waals surface area contributed by atoms with Crippen molar-refractivity contribution in [3.63, 3.8) is 0 Å². The summed E-state index contributed by atoms with van der Waals surface area (Å²) in [7, 11) is 0. The highest BCUT2D eigenvalue weighted by Gasteiger charge is 2.23. The lowest BCUT2D eigenvalue weighted by Crippen LogP contribution is -2.15. The number of hydrogen-bond acceptors (Lipinski definition) is 4. The zero-order valence-corrected chi connectivity index (χ0v) is 16.2. The van der Waals surface area contributed by atoms with Crippen LogP contribution in [-0.4, -0.2) is 26.4 Å². The number of allylic oxidation sites excluding steroid dienone is 1. The molecule has 2 aromatic rings. The maximum atomic E-state index is 12.2. The third-order valence-electron chi connectivity index (χ3n) is 4.49. The van der Waals surface area contributed by atoms with Gasteiger partial charge in [0.15, 0.2) is 5.16 Å². The summed E-state index contributed by atoms with van der Waals surface area (Å²) in [6.45, 7) is 4.51. The first-order valence-electron chi connectivity index (χ1n) is 8.89. The van der Waals surface area contributed by atoms with Gasteiger partial charge in [0, 0.05) is 23.2 Å². The van der Waals surface area contributed by atoms with Crippen molar-refractivity contribution >= 4 is 35.0 Å². The minimum Gasteiger partial charge on any atom is -0.325 e. The first-order chi connectivity index (χ1) is 12.7. The molecule has 1 saturated carbocycles. The second kappa shape index (κ2) is 9.24. The number of anilines is 1. The summed E-state index contributed by atoms with van der Waals surface area (Å²) in [6, 6.07) is 7.07. The quantitative estimate of drug-likeness (QED) is 0.539. The molecule has 1 heterocycles. The van der Waals surface area contributed by atoms with Crippen LogP contribution in [0.25, 0.3) is 0 Å². The van der Waals surface area contributed by atoms with Crippen molar-refractivity contribution in [2.75, 3.05) is 11.1 Å².